The maximum atomic E-state index is 13.2. The molecule has 0 spiro atoms. The molecule has 0 radical (unpaired) electrons. The molecule has 6 heteroatoms. The molecule has 0 bridgehead atoms. The first-order valence-corrected chi connectivity index (χ1v) is 11.2. The minimum Gasteiger partial charge on any atom is -0.507 e. The highest BCUT2D eigenvalue weighted by Gasteiger charge is 2.42. The Morgan fingerprint density at radius 2 is 1.82 bits per heavy atom. The molecule has 1 saturated heterocycles. The number of phenols is 1. The molecule has 2 N–H and O–H groups in total. The maximum Gasteiger partial charge on any atom is 0.227 e. The van der Waals surface area contributed by atoms with E-state index in [1.165, 1.54) is 12.1 Å². The summed E-state index contributed by atoms with van der Waals surface area (Å²) in [5.41, 5.74) is 2.14. The Morgan fingerprint density at radius 3 is 2.48 bits per heavy atom. The first-order valence-electron chi connectivity index (χ1n) is 11.2. The molecule has 0 aliphatic carbocycles. The number of halogens is 1. The number of ether oxygens (including phenoxy) is 1. The molecule has 1 amide bonds. The fraction of sp³-hybridized carbons (Fsp3) is 0.296. The first kappa shape index (κ1) is 22.8. The van der Waals surface area contributed by atoms with Crippen molar-refractivity contribution in [1.29, 1.82) is 0 Å². The van der Waals surface area contributed by atoms with Gasteiger partial charge in [0.05, 0.1) is 19.3 Å². The smallest absolute Gasteiger partial charge is 0.227 e. The van der Waals surface area contributed by atoms with Gasteiger partial charge < -0.3 is 19.8 Å². The van der Waals surface area contributed by atoms with E-state index >= 15 is 0 Å². The van der Waals surface area contributed by atoms with E-state index in [1.807, 2.05) is 36.4 Å². The highest BCUT2D eigenvalue weighted by Crippen LogP contribution is 2.46. The predicted molar refractivity (Wildman–Crippen MR) is 125 cm³/mol. The SMILES string of the molecule is COc1ccc([C@@H]2[C@@H](CCC[C@H](O)c3ccc(F)cc3)CC(=O)N2c2ccccc2)c(O)c1. The molecule has 0 unspecified atom stereocenters. The molecule has 3 aromatic rings. The minimum absolute atomic E-state index is 0.00509. The van der Waals surface area contributed by atoms with Crippen LogP contribution in [0.15, 0.2) is 72.8 Å². The second kappa shape index (κ2) is 10.0. The van der Waals surface area contributed by atoms with Gasteiger partial charge in [0.25, 0.3) is 0 Å². The van der Waals surface area contributed by atoms with E-state index in [4.69, 9.17) is 4.74 Å². The van der Waals surface area contributed by atoms with Crippen LogP contribution in [0.2, 0.25) is 0 Å². The molecule has 1 aliphatic heterocycles. The van der Waals surface area contributed by atoms with Crippen LogP contribution < -0.4 is 9.64 Å². The van der Waals surface area contributed by atoms with Crippen LogP contribution in [0.5, 0.6) is 11.5 Å². The van der Waals surface area contributed by atoms with Gasteiger partial charge in [0.1, 0.15) is 17.3 Å². The van der Waals surface area contributed by atoms with Crippen molar-refractivity contribution >= 4 is 11.6 Å². The van der Waals surface area contributed by atoms with Gasteiger partial charge >= 0.3 is 0 Å². The summed E-state index contributed by atoms with van der Waals surface area (Å²) < 4.78 is 18.4. The highest BCUT2D eigenvalue weighted by atomic mass is 19.1. The highest BCUT2D eigenvalue weighted by molar-refractivity contribution is 5.97. The molecule has 4 rings (SSSR count). The third-order valence-electron chi connectivity index (χ3n) is 6.33. The quantitative estimate of drug-likeness (QED) is 0.474. The van der Waals surface area contributed by atoms with Gasteiger partial charge in [-0.2, -0.15) is 0 Å². The Labute approximate surface area is 193 Å². The van der Waals surface area contributed by atoms with E-state index in [9.17, 15) is 19.4 Å². The van der Waals surface area contributed by atoms with E-state index in [-0.39, 0.29) is 29.4 Å². The van der Waals surface area contributed by atoms with E-state index < -0.39 is 6.10 Å². The van der Waals surface area contributed by atoms with E-state index in [2.05, 4.69) is 0 Å². The number of carbonyl (C=O) groups is 1. The number of amides is 1. The molecule has 3 atom stereocenters. The molecule has 1 heterocycles. The molecule has 3 aromatic carbocycles. The zero-order valence-electron chi connectivity index (χ0n) is 18.5. The molecular formula is C27H28FNO4. The lowest BCUT2D eigenvalue weighted by molar-refractivity contribution is -0.117. The second-order valence-corrected chi connectivity index (χ2v) is 8.43. The summed E-state index contributed by atoms with van der Waals surface area (Å²) in [6, 6.07) is 20.2. The van der Waals surface area contributed by atoms with Crippen molar-refractivity contribution in [2.45, 2.75) is 37.8 Å². The van der Waals surface area contributed by atoms with Crippen LogP contribution in [0, 0.1) is 11.7 Å². The van der Waals surface area contributed by atoms with Gasteiger partial charge in [0.15, 0.2) is 0 Å². The lowest BCUT2D eigenvalue weighted by atomic mass is 9.88. The minimum atomic E-state index is -0.694. The summed E-state index contributed by atoms with van der Waals surface area (Å²) in [5.74, 6) is 0.276. The van der Waals surface area contributed by atoms with Crippen LogP contribution in [-0.4, -0.2) is 23.2 Å². The summed E-state index contributed by atoms with van der Waals surface area (Å²) in [4.78, 5) is 14.9. The number of nitrogens with zero attached hydrogens (tertiary/aromatic N) is 1. The van der Waals surface area contributed by atoms with Gasteiger partial charge in [-0.25, -0.2) is 4.39 Å². The average Bonchev–Trinajstić information content (AvgIpc) is 3.15. The van der Waals surface area contributed by atoms with Gasteiger partial charge in [-0.3, -0.25) is 4.79 Å². The largest absolute Gasteiger partial charge is 0.507 e. The number of aliphatic hydroxyl groups is 1. The normalized spacial score (nSPS) is 19.0. The van der Waals surface area contributed by atoms with Crippen molar-refractivity contribution in [1.82, 2.24) is 0 Å². The molecule has 0 saturated carbocycles. The number of rotatable bonds is 8. The third kappa shape index (κ3) is 5.01. The molecule has 172 valence electrons. The number of benzene rings is 3. The Morgan fingerprint density at radius 1 is 1.09 bits per heavy atom. The third-order valence-corrected chi connectivity index (χ3v) is 6.33. The Kier molecular flexibility index (Phi) is 6.94. The summed E-state index contributed by atoms with van der Waals surface area (Å²) in [7, 11) is 1.54. The van der Waals surface area contributed by atoms with Crippen molar-refractivity contribution in [2.75, 3.05) is 12.0 Å². The predicted octanol–water partition coefficient (Wildman–Crippen LogP) is 5.54. The van der Waals surface area contributed by atoms with Gasteiger partial charge in [0, 0.05) is 23.7 Å². The van der Waals surface area contributed by atoms with Crippen molar-refractivity contribution < 1.29 is 24.1 Å². The average molecular weight is 450 g/mol. The van der Waals surface area contributed by atoms with Gasteiger partial charge in [-0.05, 0) is 60.7 Å². The number of aromatic hydroxyl groups is 1. The lowest BCUT2D eigenvalue weighted by Crippen LogP contribution is -2.28. The molecular weight excluding hydrogens is 421 g/mol. The monoisotopic (exact) mass is 449 g/mol. The molecule has 1 aliphatic rings. The number of carbonyl (C=O) groups excluding carboxylic acids is 1. The summed E-state index contributed by atoms with van der Waals surface area (Å²) in [6.45, 7) is 0. The van der Waals surface area contributed by atoms with Gasteiger partial charge in [0.2, 0.25) is 5.91 Å². The fourth-order valence-electron chi connectivity index (χ4n) is 4.67. The van der Waals surface area contributed by atoms with Crippen LogP contribution in [0.1, 0.15) is 49.0 Å². The standard InChI is InChI=1S/C27H28FNO4/c1-33-22-14-15-23(25(31)17-22)27-19(16-26(32)29(27)21-7-3-2-4-8-21)6-5-9-24(30)18-10-12-20(28)13-11-18/h2-4,7-8,10-15,17,19,24,27,30-31H,5-6,9,16H2,1H3/t19-,24-,27-/m0/s1. The van der Waals surface area contributed by atoms with Crippen molar-refractivity contribution in [3.8, 4) is 11.5 Å². The van der Waals surface area contributed by atoms with E-state index in [0.717, 1.165) is 5.69 Å². The van der Waals surface area contributed by atoms with Gasteiger partial charge in [-0.15, -0.1) is 0 Å². The van der Waals surface area contributed by atoms with E-state index in [1.54, 1.807) is 36.3 Å². The van der Waals surface area contributed by atoms with Crippen LogP contribution in [0.3, 0.4) is 0 Å². The maximum absolute atomic E-state index is 13.2. The van der Waals surface area contributed by atoms with Crippen LogP contribution >= 0.6 is 0 Å². The molecule has 0 aromatic heterocycles. The van der Waals surface area contributed by atoms with Crippen molar-refractivity contribution in [3.63, 3.8) is 0 Å². The Bertz CT molecular complexity index is 1090. The number of aliphatic hydroxyl groups excluding tert-OH is 1. The number of hydrogen-bond donors (Lipinski definition) is 2. The topological polar surface area (TPSA) is 70.0 Å². The van der Waals surface area contributed by atoms with Crippen LogP contribution in [0.4, 0.5) is 10.1 Å². The second-order valence-electron chi connectivity index (χ2n) is 8.43. The number of hydrogen-bond acceptors (Lipinski definition) is 4. The first-order chi connectivity index (χ1) is 16.0. The number of phenolic OH excluding ortho intramolecular Hbond substituents is 1. The molecule has 33 heavy (non-hydrogen) atoms. The zero-order valence-corrected chi connectivity index (χ0v) is 18.5. The van der Waals surface area contributed by atoms with Gasteiger partial charge in [-0.1, -0.05) is 36.8 Å². The molecule has 1 fully saturated rings. The van der Waals surface area contributed by atoms with Crippen molar-refractivity contribution in [3.05, 3.63) is 89.7 Å². The summed E-state index contributed by atoms with van der Waals surface area (Å²) in [6.07, 6.45) is 1.55. The van der Waals surface area contributed by atoms with Crippen LogP contribution in [0.25, 0.3) is 0 Å². The Hall–Kier alpha value is -3.38. The van der Waals surface area contributed by atoms with Crippen LogP contribution in [-0.2, 0) is 4.79 Å². The Balaban J connectivity index is 1.55. The van der Waals surface area contributed by atoms with E-state index in [0.29, 0.717) is 42.6 Å². The number of methoxy groups -OCH3 is 1. The lowest BCUT2D eigenvalue weighted by Gasteiger charge is -2.29. The zero-order chi connectivity index (χ0) is 23.4. The summed E-state index contributed by atoms with van der Waals surface area (Å²) >= 11 is 0. The summed E-state index contributed by atoms with van der Waals surface area (Å²) in [5, 5.41) is 21.2. The molecule has 5 nitrogen and oxygen atoms in total. The number of anilines is 1. The van der Waals surface area contributed by atoms with Crippen molar-refractivity contribution in [2.24, 2.45) is 5.92 Å². The fourth-order valence-corrected chi connectivity index (χ4v) is 4.67. The number of para-hydroxylation sites is 1.